The van der Waals surface area contributed by atoms with Crippen LogP contribution in [0.2, 0.25) is 0 Å². The molecule has 5 heterocycles. The topological polar surface area (TPSA) is 150 Å². The lowest BCUT2D eigenvalue weighted by molar-refractivity contribution is -0.137. The molecule has 3 N–H and O–H groups in total. The van der Waals surface area contributed by atoms with E-state index in [0.29, 0.717) is 18.8 Å². The highest BCUT2D eigenvalue weighted by Crippen LogP contribution is 2.39. The van der Waals surface area contributed by atoms with E-state index in [1.54, 1.807) is 28.1 Å². The number of anilines is 1. The predicted octanol–water partition coefficient (Wildman–Crippen LogP) is 3.51. The van der Waals surface area contributed by atoms with Gasteiger partial charge >= 0.3 is 0 Å². The number of amides is 1. The van der Waals surface area contributed by atoms with Crippen molar-refractivity contribution in [1.29, 1.82) is 5.26 Å². The first-order chi connectivity index (χ1) is 19.3. The lowest BCUT2D eigenvalue weighted by Crippen LogP contribution is -2.47. The third-order valence-corrected chi connectivity index (χ3v) is 8.55. The zero-order valence-corrected chi connectivity index (χ0v) is 23.1. The largest absolute Gasteiger partial charge is 0.381 e. The molecule has 0 radical (unpaired) electrons. The number of carbonyl (C=O) groups is 1. The van der Waals surface area contributed by atoms with Gasteiger partial charge in [0.1, 0.15) is 16.7 Å². The first kappa shape index (κ1) is 26.3. The molecule has 1 saturated heterocycles. The Labute approximate surface area is 235 Å². The molecule has 0 bridgehead atoms. The number of aromatic nitrogens is 5. The summed E-state index contributed by atoms with van der Waals surface area (Å²) in [6.45, 7) is 4.28. The van der Waals surface area contributed by atoms with Gasteiger partial charge in [0.25, 0.3) is 5.91 Å². The fraction of sp³-hybridized carbons (Fsp3) is 0.429. The lowest BCUT2D eigenvalue weighted by atomic mass is 9.86. The molecule has 0 aromatic carbocycles. The Morgan fingerprint density at radius 1 is 1.15 bits per heavy atom. The molecular weight excluding hydrogens is 528 g/mol. The van der Waals surface area contributed by atoms with Crippen LogP contribution >= 0.6 is 11.3 Å². The number of aliphatic hydroxyl groups is 1. The van der Waals surface area contributed by atoms with E-state index in [4.69, 9.17) is 9.72 Å². The number of fused-ring (bicyclic) bond motifs is 1. The second-order valence-electron chi connectivity index (χ2n) is 10.9. The van der Waals surface area contributed by atoms with E-state index in [0.717, 1.165) is 63.9 Å². The Morgan fingerprint density at radius 3 is 2.65 bits per heavy atom. The molecule has 0 unspecified atom stereocenters. The third kappa shape index (κ3) is 5.28. The van der Waals surface area contributed by atoms with Crippen LogP contribution in [0.4, 0.5) is 5.69 Å². The van der Waals surface area contributed by atoms with E-state index in [9.17, 15) is 15.2 Å². The number of rotatable bonds is 7. The maximum Gasteiger partial charge on any atom is 0.251 e. The van der Waals surface area contributed by atoms with Crippen molar-refractivity contribution >= 4 is 28.4 Å². The monoisotopic (exact) mass is 558 g/mol. The van der Waals surface area contributed by atoms with E-state index in [1.807, 2.05) is 24.4 Å². The van der Waals surface area contributed by atoms with Gasteiger partial charge in [0.05, 0.1) is 53.5 Å². The summed E-state index contributed by atoms with van der Waals surface area (Å²) in [5, 5.41) is 41.0. The molecule has 2 aliphatic rings. The molecular formula is C28H30N8O3S. The van der Waals surface area contributed by atoms with Crippen molar-refractivity contribution in [2.45, 2.75) is 63.1 Å². The molecule has 1 saturated carbocycles. The summed E-state index contributed by atoms with van der Waals surface area (Å²) >= 11 is 1.58. The quantitative estimate of drug-likeness (QED) is 0.310. The Kier molecular flexibility index (Phi) is 6.95. The fourth-order valence-electron chi connectivity index (χ4n) is 5.03. The molecule has 206 valence electrons. The Balaban J connectivity index is 1.23. The van der Waals surface area contributed by atoms with Gasteiger partial charge in [-0.2, -0.15) is 10.4 Å². The van der Waals surface area contributed by atoms with E-state index < -0.39 is 5.60 Å². The van der Waals surface area contributed by atoms with Crippen LogP contribution in [-0.2, 0) is 9.53 Å². The Bertz CT molecular complexity index is 1590. The maximum atomic E-state index is 12.2. The van der Waals surface area contributed by atoms with Crippen LogP contribution in [-0.4, -0.2) is 66.7 Å². The molecule has 4 aromatic rings. The summed E-state index contributed by atoms with van der Waals surface area (Å²) in [5.74, 6) is -0.0560. The highest BCUT2D eigenvalue weighted by atomic mass is 32.1. The molecule has 1 amide bonds. The van der Waals surface area contributed by atoms with Crippen molar-refractivity contribution in [2.75, 3.05) is 18.5 Å². The first-order valence-electron chi connectivity index (χ1n) is 13.4. The zero-order valence-electron chi connectivity index (χ0n) is 22.3. The van der Waals surface area contributed by atoms with Crippen LogP contribution in [0, 0.1) is 11.3 Å². The van der Waals surface area contributed by atoms with Gasteiger partial charge in [-0.3, -0.25) is 9.78 Å². The number of nitrogens with zero attached hydrogens (tertiary/aromatic N) is 6. The van der Waals surface area contributed by atoms with Crippen molar-refractivity contribution in [3.8, 4) is 28.0 Å². The average molecular weight is 559 g/mol. The van der Waals surface area contributed by atoms with Crippen molar-refractivity contribution < 1.29 is 14.6 Å². The van der Waals surface area contributed by atoms with Gasteiger partial charge in [-0.05, 0) is 63.8 Å². The van der Waals surface area contributed by atoms with Crippen LogP contribution in [0.1, 0.15) is 56.0 Å². The van der Waals surface area contributed by atoms with Crippen molar-refractivity contribution in [3.05, 3.63) is 47.2 Å². The van der Waals surface area contributed by atoms with Crippen LogP contribution in [0.25, 0.3) is 27.5 Å². The minimum atomic E-state index is -1.38. The average Bonchev–Trinajstić information content (AvgIpc) is 3.58. The van der Waals surface area contributed by atoms with E-state index >= 15 is 0 Å². The van der Waals surface area contributed by atoms with Crippen molar-refractivity contribution in [2.24, 2.45) is 0 Å². The van der Waals surface area contributed by atoms with Gasteiger partial charge in [-0.1, -0.05) is 11.3 Å². The summed E-state index contributed by atoms with van der Waals surface area (Å²) in [4.78, 5) is 16.9. The number of pyridine rings is 1. The number of hydrogen-bond acceptors (Lipinski definition) is 10. The van der Waals surface area contributed by atoms with E-state index in [-0.39, 0.29) is 23.9 Å². The summed E-state index contributed by atoms with van der Waals surface area (Å²) in [6.07, 6.45) is 6.84. The minimum absolute atomic E-state index is 0.0610. The van der Waals surface area contributed by atoms with Gasteiger partial charge in [-0.15, -0.1) is 10.2 Å². The Morgan fingerprint density at radius 2 is 1.95 bits per heavy atom. The first-order valence-corrected chi connectivity index (χ1v) is 14.2. The minimum Gasteiger partial charge on any atom is -0.381 e. The van der Waals surface area contributed by atoms with Crippen LogP contribution in [0.3, 0.4) is 0 Å². The molecule has 4 aromatic heterocycles. The molecule has 1 aliphatic heterocycles. The number of hydrogen-bond donors (Lipinski definition) is 3. The molecule has 2 fully saturated rings. The standard InChI is InChI=1S/C28H30N8O3S/c1-28(2,38)27(37)33-18-5-3-17(4-6-18)25-34-35-26(40-25)21-13-30-23(10-22(21)32-19-14-39-15-19)24-8-7-20-9-16(11-29)12-31-36(20)24/h7-10,12-13,17-19,38H,3-6,14-15H2,1-2H3,(H,30,32)(H,33,37)/t17-,18+. The zero-order chi connectivity index (χ0) is 27.9. The molecule has 40 heavy (non-hydrogen) atoms. The fourth-order valence-corrected chi connectivity index (χ4v) is 6.07. The van der Waals surface area contributed by atoms with Gasteiger partial charge in [0, 0.05) is 23.8 Å². The van der Waals surface area contributed by atoms with Crippen LogP contribution in [0.5, 0.6) is 0 Å². The highest BCUT2D eigenvalue weighted by molar-refractivity contribution is 7.14. The SMILES string of the molecule is CC(C)(O)C(=O)N[C@H]1CC[C@@H](c2nnc(-c3cnc(-c4ccc5cc(C#N)cnn45)cc3NC3COC3)s2)CC1. The van der Waals surface area contributed by atoms with Crippen molar-refractivity contribution in [1.82, 2.24) is 30.1 Å². The summed E-state index contributed by atoms with van der Waals surface area (Å²) in [5.41, 5.74) is 3.31. The van der Waals surface area contributed by atoms with Gasteiger partial charge in [-0.25, -0.2) is 4.52 Å². The summed E-state index contributed by atoms with van der Waals surface area (Å²) < 4.78 is 7.17. The summed E-state index contributed by atoms with van der Waals surface area (Å²) in [7, 11) is 0. The molecule has 0 spiro atoms. The molecule has 1 aliphatic carbocycles. The van der Waals surface area contributed by atoms with Gasteiger partial charge < -0.3 is 20.5 Å². The van der Waals surface area contributed by atoms with E-state index in [2.05, 4.69) is 32.0 Å². The number of carbonyl (C=O) groups excluding carboxylic acids is 1. The molecule has 0 atom stereocenters. The second-order valence-corrected chi connectivity index (χ2v) is 11.9. The number of nitriles is 1. The third-order valence-electron chi connectivity index (χ3n) is 7.43. The lowest BCUT2D eigenvalue weighted by Gasteiger charge is -2.29. The summed E-state index contributed by atoms with van der Waals surface area (Å²) in [6, 6.07) is 10.1. The molecule has 6 rings (SSSR count). The van der Waals surface area contributed by atoms with Gasteiger partial charge in [0.15, 0.2) is 5.01 Å². The van der Waals surface area contributed by atoms with Crippen LogP contribution in [0.15, 0.2) is 36.7 Å². The maximum absolute atomic E-state index is 12.2. The van der Waals surface area contributed by atoms with Crippen molar-refractivity contribution in [3.63, 3.8) is 0 Å². The number of ether oxygens (including phenoxy) is 1. The molecule has 12 heteroatoms. The predicted molar refractivity (Wildman–Crippen MR) is 150 cm³/mol. The Hall–Kier alpha value is -3.92. The highest BCUT2D eigenvalue weighted by Gasteiger charge is 2.30. The molecule has 11 nitrogen and oxygen atoms in total. The normalized spacial score (nSPS) is 19.6. The second kappa shape index (κ2) is 10.6. The van der Waals surface area contributed by atoms with E-state index in [1.165, 1.54) is 13.8 Å². The smallest absolute Gasteiger partial charge is 0.251 e. The van der Waals surface area contributed by atoms with Gasteiger partial charge in [0.2, 0.25) is 0 Å². The number of nitrogens with one attached hydrogen (secondary N) is 2. The van der Waals surface area contributed by atoms with Crippen LogP contribution < -0.4 is 10.6 Å².